The molecule has 0 radical (unpaired) electrons. The van der Waals surface area contributed by atoms with Crippen LogP contribution in [0.1, 0.15) is 27.0 Å². The summed E-state index contributed by atoms with van der Waals surface area (Å²) in [5, 5.41) is 0. The number of hydrogen-bond acceptors (Lipinski definition) is 4. The summed E-state index contributed by atoms with van der Waals surface area (Å²) >= 11 is 0. The van der Waals surface area contributed by atoms with Crippen LogP contribution in [0.5, 0.6) is 0 Å². The van der Waals surface area contributed by atoms with E-state index in [-0.39, 0.29) is 5.78 Å². The van der Waals surface area contributed by atoms with Gasteiger partial charge in [-0.1, -0.05) is 54.6 Å². The Morgan fingerprint density at radius 1 is 0.824 bits per heavy atom. The minimum atomic E-state index is 0.0190. The summed E-state index contributed by atoms with van der Waals surface area (Å²) in [6, 6.07) is 22.8. The Labute approximate surface area is 205 Å². The molecule has 0 saturated carbocycles. The normalized spacial score (nSPS) is 11.5. The van der Waals surface area contributed by atoms with Gasteiger partial charge in [-0.15, -0.1) is 0 Å². The zero-order valence-electron chi connectivity index (χ0n) is 21.4. The van der Waals surface area contributed by atoms with Crippen molar-refractivity contribution in [1.29, 1.82) is 0 Å². The maximum atomic E-state index is 13.0. The van der Waals surface area contributed by atoms with E-state index in [4.69, 9.17) is 0 Å². The fraction of sp³-hybridized carbons (Fsp3) is 0.300. The number of carbonyl (C=O) groups is 1. The molecule has 0 N–H and O–H groups in total. The number of likely N-dealkylation sites (N-methyl/N-ethyl adjacent to an activating group) is 2. The number of carbonyl (C=O) groups excluding carboxylic acids is 1. The van der Waals surface area contributed by atoms with E-state index in [0.717, 1.165) is 42.0 Å². The van der Waals surface area contributed by atoms with Crippen LogP contribution in [-0.4, -0.2) is 63.9 Å². The van der Waals surface area contributed by atoms with Crippen LogP contribution in [-0.2, 0) is 6.54 Å². The molecule has 3 aromatic rings. The highest BCUT2D eigenvalue weighted by Gasteiger charge is 2.11. The molecule has 0 aliphatic heterocycles. The molecule has 0 unspecified atom stereocenters. The number of hydrogen-bond donors (Lipinski definition) is 0. The smallest absolute Gasteiger partial charge is 0.185 e. The zero-order chi connectivity index (χ0) is 24.7. The van der Waals surface area contributed by atoms with Crippen LogP contribution < -0.4 is 4.90 Å². The Hall–Kier alpha value is -3.21. The molecule has 0 spiro atoms. The largest absolute Gasteiger partial charge is 0.373 e. The number of aryl methyl sites for hydroxylation is 1. The highest BCUT2D eigenvalue weighted by Crippen LogP contribution is 2.30. The van der Waals surface area contributed by atoms with Crippen LogP contribution >= 0.6 is 0 Å². The second-order valence-corrected chi connectivity index (χ2v) is 9.45. The van der Waals surface area contributed by atoms with Gasteiger partial charge in [0.2, 0.25) is 0 Å². The highest BCUT2D eigenvalue weighted by molar-refractivity contribution is 6.07. The Balaban J connectivity index is 1.92. The fourth-order valence-corrected chi connectivity index (χ4v) is 4.00. The first kappa shape index (κ1) is 25.4. The van der Waals surface area contributed by atoms with E-state index in [1.165, 1.54) is 16.7 Å². The summed E-state index contributed by atoms with van der Waals surface area (Å²) in [5.74, 6) is 0.0190. The Bertz CT molecular complexity index is 1150. The molecule has 178 valence electrons. The summed E-state index contributed by atoms with van der Waals surface area (Å²) in [6.07, 6.45) is 3.64. The number of rotatable bonds is 10. The van der Waals surface area contributed by atoms with Crippen LogP contribution in [0.15, 0.2) is 72.8 Å². The summed E-state index contributed by atoms with van der Waals surface area (Å²) in [5.41, 5.74) is 7.68. The van der Waals surface area contributed by atoms with Gasteiger partial charge in [0.1, 0.15) is 0 Å². The quantitative estimate of drug-likeness (QED) is 0.293. The van der Waals surface area contributed by atoms with Crippen molar-refractivity contribution in [3.63, 3.8) is 0 Å². The van der Waals surface area contributed by atoms with Gasteiger partial charge in [0.05, 0.1) is 0 Å². The van der Waals surface area contributed by atoms with Crippen molar-refractivity contribution in [3.8, 4) is 11.1 Å². The molecule has 3 aromatic carbocycles. The second kappa shape index (κ2) is 11.8. The average molecular weight is 456 g/mol. The van der Waals surface area contributed by atoms with Gasteiger partial charge in [-0.25, -0.2) is 0 Å². The lowest BCUT2D eigenvalue weighted by Gasteiger charge is -2.24. The van der Waals surface area contributed by atoms with Crippen molar-refractivity contribution in [2.24, 2.45) is 0 Å². The van der Waals surface area contributed by atoms with Crippen LogP contribution in [0.2, 0.25) is 0 Å². The van der Waals surface area contributed by atoms with Crippen molar-refractivity contribution in [1.82, 2.24) is 9.80 Å². The highest BCUT2D eigenvalue weighted by atomic mass is 16.1. The Morgan fingerprint density at radius 3 is 2.29 bits per heavy atom. The van der Waals surface area contributed by atoms with Crippen molar-refractivity contribution < 1.29 is 4.79 Å². The van der Waals surface area contributed by atoms with E-state index in [9.17, 15) is 4.79 Å². The average Bonchev–Trinajstić information content (AvgIpc) is 2.81. The van der Waals surface area contributed by atoms with E-state index >= 15 is 0 Å². The molecule has 0 saturated heterocycles. The predicted octanol–water partition coefficient (Wildman–Crippen LogP) is 5.62. The SMILES string of the molecule is Cc1ccccc1-c1ccc(C=CC(=O)c2cccc(CN(C)C)c2)c(N(C)CCN(C)C)c1. The molecule has 4 nitrogen and oxygen atoms in total. The molecule has 0 fully saturated rings. The molecule has 0 atom stereocenters. The number of anilines is 1. The van der Waals surface area contributed by atoms with Crippen molar-refractivity contribution in [2.45, 2.75) is 13.5 Å². The van der Waals surface area contributed by atoms with Gasteiger partial charge >= 0.3 is 0 Å². The third-order valence-electron chi connectivity index (χ3n) is 5.90. The van der Waals surface area contributed by atoms with E-state index < -0.39 is 0 Å². The van der Waals surface area contributed by atoms with Gasteiger partial charge in [0, 0.05) is 37.9 Å². The van der Waals surface area contributed by atoms with E-state index in [0.29, 0.717) is 0 Å². The van der Waals surface area contributed by atoms with Crippen molar-refractivity contribution in [2.75, 3.05) is 53.2 Å². The molecular weight excluding hydrogens is 418 g/mol. The number of benzene rings is 3. The van der Waals surface area contributed by atoms with Crippen LogP contribution in [0, 0.1) is 6.92 Å². The lowest BCUT2D eigenvalue weighted by Crippen LogP contribution is -2.28. The number of allylic oxidation sites excluding steroid dienone is 1. The van der Waals surface area contributed by atoms with Crippen LogP contribution in [0.25, 0.3) is 17.2 Å². The van der Waals surface area contributed by atoms with Gasteiger partial charge in [0.15, 0.2) is 5.78 Å². The van der Waals surface area contributed by atoms with E-state index in [1.54, 1.807) is 6.08 Å². The second-order valence-electron chi connectivity index (χ2n) is 9.45. The summed E-state index contributed by atoms with van der Waals surface area (Å²) < 4.78 is 0. The lowest BCUT2D eigenvalue weighted by atomic mass is 9.97. The summed E-state index contributed by atoms with van der Waals surface area (Å²) in [6.45, 7) is 4.80. The first-order chi connectivity index (χ1) is 16.2. The Kier molecular flexibility index (Phi) is 8.80. The van der Waals surface area contributed by atoms with Gasteiger partial charge < -0.3 is 14.7 Å². The monoisotopic (exact) mass is 455 g/mol. The molecule has 0 heterocycles. The molecule has 0 aliphatic carbocycles. The molecule has 34 heavy (non-hydrogen) atoms. The van der Waals surface area contributed by atoms with Crippen molar-refractivity contribution in [3.05, 3.63) is 95.1 Å². The minimum absolute atomic E-state index is 0.0190. The van der Waals surface area contributed by atoms with Gasteiger partial charge in [-0.3, -0.25) is 4.79 Å². The third kappa shape index (κ3) is 6.89. The molecule has 0 bridgehead atoms. The molecule has 0 amide bonds. The molecule has 0 aliphatic rings. The van der Waals surface area contributed by atoms with Gasteiger partial charge in [-0.2, -0.15) is 0 Å². The third-order valence-corrected chi connectivity index (χ3v) is 5.90. The molecule has 3 rings (SSSR count). The van der Waals surface area contributed by atoms with Gasteiger partial charge in [-0.05, 0) is 87.2 Å². The Morgan fingerprint density at radius 2 is 1.59 bits per heavy atom. The van der Waals surface area contributed by atoms with E-state index in [1.807, 2.05) is 38.4 Å². The lowest BCUT2D eigenvalue weighted by molar-refractivity contribution is 0.104. The summed E-state index contributed by atoms with van der Waals surface area (Å²) in [7, 11) is 10.3. The van der Waals surface area contributed by atoms with Gasteiger partial charge in [0.25, 0.3) is 0 Å². The minimum Gasteiger partial charge on any atom is -0.373 e. The summed E-state index contributed by atoms with van der Waals surface area (Å²) in [4.78, 5) is 19.5. The maximum Gasteiger partial charge on any atom is 0.185 e. The predicted molar refractivity (Wildman–Crippen MR) is 146 cm³/mol. The number of nitrogens with zero attached hydrogens (tertiary/aromatic N) is 3. The fourth-order valence-electron chi connectivity index (χ4n) is 4.00. The number of ketones is 1. The first-order valence-corrected chi connectivity index (χ1v) is 11.8. The molecular formula is C30H37N3O. The van der Waals surface area contributed by atoms with E-state index in [2.05, 4.69) is 91.3 Å². The van der Waals surface area contributed by atoms with Crippen LogP contribution in [0.3, 0.4) is 0 Å². The first-order valence-electron chi connectivity index (χ1n) is 11.8. The zero-order valence-corrected chi connectivity index (χ0v) is 21.4. The molecule has 4 heteroatoms. The van der Waals surface area contributed by atoms with Crippen LogP contribution in [0.4, 0.5) is 5.69 Å². The van der Waals surface area contributed by atoms with Crippen molar-refractivity contribution >= 4 is 17.5 Å². The maximum absolute atomic E-state index is 13.0. The topological polar surface area (TPSA) is 26.8 Å². The standard InChI is InChI=1S/C30H37N3O/c1-23-10-7-8-13-28(23)26-15-14-25(29(21-26)33(6)19-18-31(2)3)16-17-30(34)27-12-9-11-24(20-27)22-32(4)5/h7-17,20-21H,18-19,22H2,1-6H3. The molecule has 0 aromatic heterocycles.